The van der Waals surface area contributed by atoms with Crippen molar-refractivity contribution in [2.45, 2.75) is 24.5 Å². The molecule has 0 aromatic carbocycles. The maximum atomic E-state index is 5.56. The Labute approximate surface area is 91.7 Å². The zero-order chi connectivity index (χ0) is 10.1. The van der Waals surface area contributed by atoms with Gasteiger partial charge in [-0.3, -0.25) is 10.0 Å². The molecule has 0 saturated heterocycles. The molecule has 0 radical (unpaired) electrons. The number of nitrogens with two attached hydrogens (primary N) is 1. The third-order valence-corrected chi connectivity index (χ3v) is 3.86. The normalized spacial score (nSPS) is 25.1. The summed E-state index contributed by atoms with van der Waals surface area (Å²) < 4.78 is 1.09. The maximum Gasteiger partial charge on any atom is 0.147 e. The van der Waals surface area contributed by atoms with E-state index in [-0.39, 0.29) is 5.37 Å². The zero-order valence-electron chi connectivity index (χ0n) is 8.04. The molecule has 0 amide bonds. The fraction of sp³-hybridized carbons (Fsp3) is 0.500. The van der Waals surface area contributed by atoms with Crippen LogP contribution in [0.1, 0.15) is 13.8 Å². The van der Waals surface area contributed by atoms with Crippen LogP contribution in [0.4, 0.5) is 0 Å². The summed E-state index contributed by atoms with van der Waals surface area (Å²) in [5.74, 6) is 5.56. The predicted molar refractivity (Wildman–Crippen MR) is 64.1 cm³/mol. The number of hydrazine groups is 1. The lowest BCUT2D eigenvalue weighted by molar-refractivity contribution is 0.590. The number of hydrogen-bond acceptors (Lipinski definition) is 6. The first kappa shape index (κ1) is 10.1. The van der Waals surface area contributed by atoms with Crippen molar-refractivity contribution in [1.29, 1.82) is 0 Å². The molecule has 4 nitrogen and oxygen atoms in total. The summed E-state index contributed by atoms with van der Waals surface area (Å²) in [7, 11) is 0. The number of aliphatic imine (C=N–C) groups is 2. The fourth-order valence-corrected chi connectivity index (χ4v) is 3.45. The van der Waals surface area contributed by atoms with Gasteiger partial charge in [0.1, 0.15) is 16.1 Å². The largest absolute Gasteiger partial charge is 0.274 e. The molecule has 76 valence electrons. The molecule has 0 fully saturated rings. The van der Waals surface area contributed by atoms with E-state index in [1.165, 1.54) is 5.01 Å². The molecule has 0 spiro atoms. The lowest BCUT2D eigenvalue weighted by atomic mass is 10.4. The Bertz CT molecular complexity index is 321. The average Bonchev–Trinajstić information content (AvgIpc) is 2.44. The van der Waals surface area contributed by atoms with Crippen LogP contribution in [-0.2, 0) is 0 Å². The highest BCUT2D eigenvalue weighted by Gasteiger charge is 2.27. The molecule has 2 aliphatic heterocycles. The van der Waals surface area contributed by atoms with Crippen LogP contribution >= 0.6 is 23.5 Å². The minimum absolute atomic E-state index is 0.121. The van der Waals surface area contributed by atoms with Gasteiger partial charge < -0.3 is 0 Å². The van der Waals surface area contributed by atoms with Crippen LogP contribution in [0.25, 0.3) is 0 Å². The van der Waals surface area contributed by atoms with Crippen molar-refractivity contribution in [1.82, 2.24) is 5.01 Å². The Morgan fingerprint density at radius 2 is 2.43 bits per heavy atom. The SMILES string of the molecule is CC(C)SC1=NC2=CN(N)C=NC2S1. The van der Waals surface area contributed by atoms with Gasteiger partial charge in [-0.2, -0.15) is 0 Å². The van der Waals surface area contributed by atoms with Gasteiger partial charge >= 0.3 is 0 Å². The van der Waals surface area contributed by atoms with Crippen LogP contribution in [0.5, 0.6) is 0 Å². The minimum atomic E-state index is 0.121. The third-order valence-electron chi connectivity index (χ3n) is 1.64. The van der Waals surface area contributed by atoms with Gasteiger partial charge in [0, 0.05) is 11.4 Å². The van der Waals surface area contributed by atoms with Crippen LogP contribution < -0.4 is 5.84 Å². The second-order valence-electron chi connectivity index (χ2n) is 3.28. The summed E-state index contributed by atoms with van der Waals surface area (Å²) >= 11 is 3.46. The molecule has 2 N–H and O–H groups in total. The first-order valence-electron chi connectivity index (χ1n) is 4.35. The molecule has 2 aliphatic rings. The highest BCUT2D eigenvalue weighted by Crippen LogP contribution is 2.37. The Hall–Kier alpha value is -0.460. The van der Waals surface area contributed by atoms with Crippen LogP contribution in [0, 0.1) is 0 Å². The first-order valence-corrected chi connectivity index (χ1v) is 6.11. The monoisotopic (exact) mass is 228 g/mol. The van der Waals surface area contributed by atoms with E-state index in [2.05, 4.69) is 23.8 Å². The van der Waals surface area contributed by atoms with Gasteiger partial charge in [0.05, 0.1) is 5.70 Å². The van der Waals surface area contributed by atoms with Gasteiger partial charge in [0.15, 0.2) is 0 Å². The number of thioether (sulfide) groups is 2. The van der Waals surface area contributed by atoms with Gasteiger partial charge in [-0.05, 0) is 0 Å². The maximum absolute atomic E-state index is 5.56. The van der Waals surface area contributed by atoms with Gasteiger partial charge in [0.2, 0.25) is 0 Å². The highest BCUT2D eigenvalue weighted by molar-refractivity contribution is 8.39. The van der Waals surface area contributed by atoms with Crippen molar-refractivity contribution >= 4 is 34.2 Å². The van der Waals surface area contributed by atoms with Crippen molar-refractivity contribution in [2.24, 2.45) is 15.8 Å². The minimum Gasteiger partial charge on any atom is -0.274 e. The van der Waals surface area contributed by atoms with Crippen LogP contribution in [0.2, 0.25) is 0 Å². The zero-order valence-corrected chi connectivity index (χ0v) is 9.68. The van der Waals surface area contributed by atoms with Gasteiger partial charge in [-0.25, -0.2) is 10.8 Å². The number of nitrogens with zero attached hydrogens (tertiary/aromatic N) is 3. The number of rotatable bonds is 1. The first-order chi connectivity index (χ1) is 6.65. The summed E-state index contributed by atoms with van der Waals surface area (Å²) in [6, 6.07) is 0. The second kappa shape index (κ2) is 3.96. The van der Waals surface area contributed by atoms with Gasteiger partial charge in [0.25, 0.3) is 0 Å². The number of fused-ring (bicyclic) bond motifs is 1. The lowest BCUT2D eigenvalue weighted by Gasteiger charge is -2.14. The quantitative estimate of drug-likeness (QED) is 0.693. The molecule has 0 aromatic rings. The van der Waals surface area contributed by atoms with E-state index < -0.39 is 0 Å². The van der Waals surface area contributed by atoms with E-state index in [9.17, 15) is 0 Å². The molecule has 0 saturated carbocycles. The van der Waals surface area contributed by atoms with Crippen LogP contribution in [-0.4, -0.2) is 26.3 Å². The summed E-state index contributed by atoms with van der Waals surface area (Å²) in [6.07, 6.45) is 3.44. The van der Waals surface area contributed by atoms with Crippen molar-refractivity contribution < 1.29 is 0 Å². The molecule has 6 heteroatoms. The van der Waals surface area contributed by atoms with Crippen LogP contribution in [0.15, 0.2) is 21.9 Å². The van der Waals surface area contributed by atoms with E-state index in [1.807, 2.05) is 6.20 Å². The van der Waals surface area contributed by atoms with Crippen molar-refractivity contribution in [3.63, 3.8) is 0 Å². The molecule has 14 heavy (non-hydrogen) atoms. The van der Waals surface area contributed by atoms with Gasteiger partial charge in [-0.15, -0.1) is 0 Å². The van der Waals surface area contributed by atoms with Crippen LogP contribution in [0.3, 0.4) is 0 Å². The molecule has 1 atom stereocenters. The van der Waals surface area contributed by atoms with E-state index in [1.54, 1.807) is 29.9 Å². The average molecular weight is 228 g/mol. The Balaban J connectivity index is 2.09. The molecule has 0 bridgehead atoms. The standard InChI is InChI=1S/C8H12N4S2/c1-5(2)13-8-11-6-3-12(9)4-10-7(6)14-8/h3-5,7H,9H2,1-2H3. The van der Waals surface area contributed by atoms with Crippen molar-refractivity contribution in [2.75, 3.05) is 0 Å². The molecule has 1 unspecified atom stereocenters. The Morgan fingerprint density at radius 1 is 1.64 bits per heavy atom. The molecule has 0 aliphatic carbocycles. The fourth-order valence-electron chi connectivity index (χ4n) is 1.12. The topological polar surface area (TPSA) is 54.0 Å². The van der Waals surface area contributed by atoms with Crippen molar-refractivity contribution in [3.8, 4) is 0 Å². The highest BCUT2D eigenvalue weighted by atomic mass is 32.2. The second-order valence-corrected chi connectivity index (χ2v) is 6.17. The third kappa shape index (κ3) is 2.13. The predicted octanol–water partition coefficient (Wildman–Crippen LogP) is 1.62. The van der Waals surface area contributed by atoms with Crippen molar-refractivity contribution in [3.05, 3.63) is 11.9 Å². The van der Waals surface area contributed by atoms with E-state index >= 15 is 0 Å². The summed E-state index contributed by atoms with van der Waals surface area (Å²) in [5.41, 5.74) is 0.947. The lowest BCUT2D eigenvalue weighted by Crippen LogP contribution is -2.27. The molecular weight excluding hydrogens is 216 g/mol. The molecule has 2 heterocycles. The molecule has 0 aromatic heterocycles. The summed E-state index contributed by atoms with van der Waals surface area (Å²) in [4.78, 5) is 8.74. The summed E-state index contributed by atoms with van der Waals surface area (Å²) in [6.45, 7) is 4.31. The van der Waals surface area contributed by atoms with E-state index in [0.717, 1.165) is 10.1 Å². The smallest absolute Gasteiger partial charge is 0.147 e. The van der Waals surface area contributed by atoms with E-state index in [4.69, 9.17) is 5.84 Å². The molecule has 2 rings (SSSR count). The van der Waals surface area contributed by atoms with E-state index in [0.29, 0.717) is 5.25 Å². The Morgan fingerprint density at radius 3 is 3.14 bits per heavy atom. The number of hydrogen-bond donors (Lipinski definition) is 1. The van der Waals surface area contributed by atoms with Gasteiger partial charge in [-0.1, -0.05) is 37.4 Å². The Kier molecular flexibility index (Phi) is 2.85. The molecular formula is C8H12N4S2. The summed E-state index contributed by atoms with van der Waals surface area (Å²) in [5, 5.41) is 2.12.